The van der Waals surface area contributed by atoms with E-state index in [-0.39, 0.29) is 11.4 Å². The van der Waals surface area contributed by atoms with Crippen molar-refractivity contribution in [3.8, 4) is 11.8 Å². The monoisotopic (exact) mass is 309 g/mol. The van der Waals surface area contributed by atoms with Gasteiger partial charge in [0, 0.05) is 18.7 Å². The van der Waals surface area contributed by atoms with E-state index in [4.69, 9.17) is 10.5 Å². The quantitative estimate of drug-likeness (QED) is 0.757. The van der Waals surface area contributed by atoms with E-state index in [1.807, 2.05) is 0 Å². The maximum absolute atomic E-state index is 12.5. The molecule has 0 bridgehead atoms. The Morgan fingerprint density at radius 2 is 2.10 bits per heavy atom. The highest BCUT2D eigenvalue weighted by molar-refractivity contribution is 7.89. The summed E-state index contributed by atoms with van der Waals surface area (Å²) in [6, 6.07) is 5.10. The van der Waals surface area contributed by atoms with E-state index in [0.717, 1.165) is 0 Å². The molecule has 0 aromatic heterocycles. The van der Waals surface area contributed by atoms with Gasteiger partial charge in [-0.05, 0) is 24.6 Å². The fourth-order valence-corrected chi connectivity index (χ4v) is 3.39. The second-order valence-electron chi connectivity index (χ2n) is 4.68. The van der Waals surface area contributed by atoms with Gasteiger partial charge in [0.25, 0.3) is 10.0 Å². The summed E-state index contributed by atoms with van der Waals surface area (Å²) < 4.78 is 30.2. The Kier molecular flexibility index (Phi) is 5.33. The lowest BCUT2D eigenvalue weighted by molar-refractivity contribution is 0.0272. The van der Waals surface area contributed by atoms with Gasteiger partial charge >= 0.3 is 0 Å². The first-order valence-electron chi connectivity index (χ1n) is 6.67. The number of nitrogens with zero attached hydrogens (tertiary/aromatic N) is 1. The minimum Gasteiger partial charge on any atom is -0.379 e. The van der Waals surface area contributed by atoms with Crippen LogP contribution in [-0.2, 0) is 14.8 Å². The number of hydrazine groups is 1. The van der Waals surface area contributed by atoms with Gasteiger partial charge in [0.15, 0.2) is 0 Å². The van der Waals surface area contributed by atoms with Crippen molar-refractivity contribution >= 4 is 10.0 Å². The minimum atomic E-state index is -3.62. The van der Waals surface area contributed by atoms with Gasteiger partial charge in [-0.1, -0.05) is 17.9 Å². The molecular formula is C14H19N3O3S. The molecule has 1 aliphatic rings. The number of nitrogens with two attached hydrogens (primary N) is 1. The Labute approximate surface area is 125 Å². The number of benzene rings is 1. The molecule has 0 amide bonds. The SMILES string of the molecule is Cc1ccc(C#CCN)cc1S(=O)(=O)NN1CCOCC1. The molecule has 1 aromatic rings. The second kappa shape index (κ2) is 7.02. The van der Waals surface area contributed by atoms with Gasteiger partial charge in [0.2, 0.25) is 0 Å². The number of rotatable bonds is 3. The van der Waals surface area contributed by atoms with Crippen LogP contribution in [-0.4, -0.2) is 46.3 Å². The van der Waals surface area contributed by atoms with Crippen molar-refractivity contribution in [3.63, 3.8) is 0 Å². The zero-order valence-corrected chi connectivity index (χ0v) is 12.7. The van der Waals surface area contributed by atoms with Crippen LogP contribution in [0.5, 0.6) is 0 Å². The average Bonchev–Trinajstić information content (AvgIpc) is 2.47. The number of morpholine rings is 1. The lowest BCUT2D eigenvalue weighted by atomic mass is 10.1. The summed E-state index contributed by atoms with van der Waals surface area (Å²) >= 11 is 0. The van der Waals surface area contributed by atoms with Crippen molar-refractivity contribution in [2.75, 3.05) is 32.8 Å². The average molecular weight is 309 g/mol. The van der Waals surface area contributed by atoms with Crippen LogP contribution in [0.3, 0.4) is 0 Å². The summed E-state index contributed by atoms with van der Waals surface area (Å²) in [4.78, 5) is 2.82. The van der Waals surface area contributed by atoms with Crippen LogP contribution in [0.15, 0.2) is 23.1 Å². The summed E-state index contributed by atoms with van der Waals surface area (Å²) in [5.74, 6) is 5.57. The van der Waals surface area contributed by atoms with Crippen molar-refractivity contribution in [1.82, 2.24) is 9.84 Å². The van der Waals surface area contributed by atoms with Crippen molar-refractivity contribution in [2.24, 2.45) is 5.73 Å². The lowest BCUT2D eigenvalue weighted by Gasteiger charge is -2.27. The molecule has 6 nitrogen and oxygen atoms in total. The molecule has 3 N–H and O–H groups in total. The van der Waals surface area contributed by atoms with E-state index in [0.29, 0.717) is 37.4 Å². The molecule has 0 spiro atoms. The molecular weight excluding hydrogens is 290 g/mol. The summed E-state index contributed by atoms with van der Waals surface area (Å²) in [6.07, 6.45) is 0. The van der Waals surface area contributed by atoms with Crippen LogP contribution in [0, 0.1) is 18.8 Å². The maximum atomic E-state index is 12.5. The van der Waals surface area contributed by atoms with Gasteiger partial charge < -0.3 is 10.5 Å². The van der Waals surface area contributed by atoms with E-state index in [2.05, 4.69) is 16.7 Å². The largest absolute Gasteiger partial charge is 0.379 e. The zero-order valence-electron chi connectivity index (χ0n) is 11.9. The summed E-state index contributed by atoms with van der Waals surface area (Å²) in [7, 11) is -3.62. The normalized spacial score (nSPS) is 16.3. The molecule has 1 aliphatic heterocycles. The van der Waals surface area contributed by atoms with E-state index in [9.17, 15) is 8.42 Å². The third-order valence-corrected chi connectivity index (χ3v) is 4.59. The number of nitrogens with one attached hydrogen (secondary N) is 1. The molecule has 0 radical (unpaired) electrons. The highest BCUT2D eigenvalue weighted by Crippen LogP contribution is 2.17. The summed E-state index contributed by atoms with van der Waals surface area (Å²) in [5, 5.41) is 1.65. The van der Waals surface area contributed by atoms with Crippen LogP contribution in [0.2, 0.25) is 0 Å². The second-order valence-corrected chi connectivity index (χ2v) is 6.31. The summed E-state index contributed by atoms with van der Waals surface area (Å²) in [5.41, 5.74) is 6.64. The Morgan fingerprint density at radius 1 is 1.38 bits per heavy atom. The number of aryl methyl sites for hydroxylation is 1. The van der Waals surface area contributed by atoms with Gasteiger partial charge in [-0.25, -0.2) is 13.4 Å². The molecule has 0 atom stereocenters. The Hall–Kier alpha value is -1.43. The predicted molar refractivity (Wildman–Crippen MR) is 79.8 cm³/mol. The van der Waals surface area contributed by atoms with Gasteiger partial charge in [-0.3, -0.25) is 0 Å². The molecule has 1 heterocycles. The lowest BCUT2D eigenvalue weighted by Crippen LogP contribution is -2.48. The molecule has 2 rings (SSSR count). The third kappa shape index (κ3) is 4.27. The Morgan fingerprint density at radius 3 is 2.76 bits per heavy atom. The molecule has 0 saturated carbocycles. The molecule has 0 aliphatic carbocycles. The molecule has 7 heteroatoms. The number of hydrogen-bond donors (Lipinski definition) is 2. The first kappa shape index (κ1) is 15.9. The Balaban J connectivity index is 2.25. The number of sulfonamides is 1. The van der Waals surface area contributed by atoms with Gasteiger partial charge in [0.1, 0.15) is 0 Å². The molecule has 1 fully saturated rings. The van der Waals surface area contributed by atoms with E-state index in [1.165, 1.54) is 0 Å². The number of hydrogen-bond acceptors (Lipinski definition) is 5. The highest BCUT2D eigenvalue weighted by Gasteiger charge is 2.22. The first-order chi connectivity index (χ1) is 10.0. The molecule has 114 valence electrons. The highest BCUT2D eigenvalue weighted by atomic mass is 32.2. The molecule has 21 heavy (non-hydrogen) atoms. The van der Waals surface area contributed by atoms with E-state index < -0.39 is 10.0 Å². The molecule has 1 saturated heterocycles. The van der Waals surface area contributed by atoms with Crippen LogP contribution >= 0.6 is 0 Å². The Bertz CT molecular complexity index is 656. The van der Waals surface area contributed by atoms with Crippen molar-refractivity contribution in [3.05, 3.63) is 29.3 Å². The van der Waals surface area contributed by atoms with Gasteiger partial charge in [-0.2, -0.15) is 0 Å². The molecule has 0 unspecified atom stereocenters. The topological polar surface area (TPSA) is 84.7 Å². The smallest absolute Gasteiger partial charge is 0.253 e. The van der Waals surface area contributed by atoms with Crippen LogP contribution in [0.4, 0.5) is 0 Å². The fourth-order valence-electron chi connectivity index (χ4n) is 1.99. The van der Waals surface area contributed by atoms with Crippen molar-refractivity contribution in [2.45, 2.75) is 11.8 Å². The zero-order chi connectivity index (χ0) is 15.3. The molecule has 1 aromatic carbocycles. The maximum Gasteiger partial charge on any atom is 0.253 e. The minimum absolute atomic E-state index is 0.234. The predicted octanol–water partition coefficient (Wildman–Crippen LogP) is -0.169. The standard InChI is InChI=1S/C14H19N3O3S/c1-12-4-5-13(3-2-6-15)11-14(12)21(18,19)16-17-7-9-20-10-8-17/h4-5,11,16H,6-10,15H2,1H3. The van der Waals surface area contributed by atoms with E-state index in [1.54, 1.807) is 30.1 Å². The fraction of sp³-hybridized carbons (Fsp3) is 0.429. The van der Waals surface area contributed by atoms with Crippen LogP contribution in [0.1, 0.15) is 11.1 Å². The van der Waals surface area contributed by atoms with Crippen molar-refractivity contribution < 1.29 is 13.2 Å². The van der Waals surface area contributed by atoms with E-state index >= 15 is 0 Å². The van der Waals surface area contributed by atoms with Crippen LogP contribution in [0.25, 0.3) is 0 Å². The van der Waals surface area contributed by atoms with Crippen LogP contribution < -0.4 is 10.6 Å². The van der Waals surface area contributed by atoms with Gasteiger partial charge in [-0.15, -0.1) is 4.83 Å². The van der Waals surface area contributed by atoms with Gasteiger partial charge in [0.05, 0.1) is 24.7 Å². The first-order valence-corrected chi connectivity index (χ1v) is 8.16. The van der Waals surface area contributed by atoms with Crippen molar-refractivity contribution in [1.29, 1.82) is 0 Å². The third-order valence-electron chi connectivity index (χ3n) is 3.07. The number of ether oxygens (including phenoxy) is 1. The summed E-state index contributed by atoms with van der Waals surface area (Å²) in [6.45, 7) is 4.10.